The summed E-state index contributed by atoms with van der Waals surface area (Å²) < 4.78 is 63.9. The summed E-state index contributed by atoms with van der Waals surface area (Å²) in [6, 6.07) is 12.4. The van der Waals surface area contributed by atoms with Gasteiger partial charge in [0.2, 0.25) is 0 Å². The molecule has 0 heterocycles. The number of hydrogen-bond acceptors (Lipinski definition) is 4. The first-order valence-corrected chi connectivity index (χ1v) is 9.69. The summed E-state index contributed by atoms with van der Waals surface area (Å²) in [5.41, 5.74) is 27.7. The van der Waals surface area contributed by atoms with E-state index in [4.69, 9.17) is 26.7 Å². The van der Waals surface area contributed by atoms with E-state index in [2.05, 4.69) is 0 Å². The summed E-state index contributed by atoms with van der Waals surface area (Å²) >= 11 is 0. The fourth-order valence-electron chi connectivity index (χ4n) is 1.89. The maximum absolute atomic E-state index is 11.5. The monoisotopic (exact) mass is 470 g/mol. The van der Waals surface area contributed by atoms with Gasteiger partial charge < -0.3 is 22.1 Å². The summed E-state index contributed by atoms with van der Waals surface area (Å²) in [5, 5.41) is 0. The van der Waals surface area contributed by atoms with Gasteiger partial charge in [-0.25, -0.2) is 0 Å². The first kappa shape index (κ1) is 33.3. The van der Waals surface area contributed by atoms with Gasteiger partial charge in [0.15, 0.2) is 0 Å². The van der Waals surface area contributed by atoms with Crippen molar-refractivity contribution in [2.45, 2.75) is 9.79 Å². The van der Waals surface area contributed by atoms with Gasteiger partial charge in [0, 0.05) is 0 Å². The smallest absolute Gasteiger partial charge is 0.373 e. The predicted octanol–water partition coefficient (Wildman–Crippen LogP) is -1.91. The molecule has 2 N–H and O–H groups in total. The van der Waals surface area contributed by atoms with Gasteiger partial charge in [-0.15, -0.1) is 0 Å². The van der Waals surface area contributed by atoms with Gasteiger partial charge in [0.1, 0.15) is 9.79 Å². The van der Waals surface area contributed by atoms with Crippen LogP contribution in [0.2, 0.25) is 0 Å². The maximum Gasteiger partial charge on any atom is 1.00 e. The summed E-state index contributed by atoms with van der Waals surface area (Å²) in [6.07, 6.45) is 2.89. The van der Waals surface area contributed by atoms with E-state index < -0.39 is 30.0 Å². The normalized spacial score (nSPS) is 9.80. The Balaban J connectivity index is -0.000000816. The van der Waals surface area contributed by atoms with Crippen LogP contribution in [0, 0.1) is 0 Å². The number of nitrogens with zero attached hydrogens (tertiary/aromatic N) is 6. The Hall–Kier alpha value is -1.38. The Morgan fingerprint density at radius 2 is 1.17 bits per heavy atom. The molecule has 0 aromatic heterocycles. The van der Waals surface area contributed by atoms with E-state index in [0.29, 0.717) is 0 Å². The molecule has 0 spiro atoms. The van der Waals surface area contributed by atoms with Gasteiger partial charge in [0.05, 0.1) is 0 Å². The molecule has 16 heteroatoms. The second-order valence-electron chi connectivity index (χ2n) is 4.55. The van der Waals surface area contributed by atoms with Crippen LogP contribution in [0.5, 0.6) is 0 Å². The number of rotatable bonds is 4. The molecule has 12 nitrogen and oxygen atoms in total. The van der Waals surface area contributed by atoms with Crippen LogP contribution in [0.1, 0.15) is 11.1 Å². The Morgan fingerprint density at radius 1 is 0.700 bits per heavy atom. The molecule has 0 aliphatic heterocycles. The standard InChI is InChI=1S/C14H12O6S2.2N3.2Na/c15-21(16,17)13-8-4-7-12(14(13)22(18,19)20)10-9-11-5-2-1-3-6-11;2*1-3-2;;/h1-10H,(H,15,16,17)(H,18,19,20);;;;/q;2*-1;2*+1. The molecule has 148 valence electrons. The summed E-state index contributed by atoms with van der Waals surface area (Å²) in [7, 11) is -9.64. The summed E-state index contributed by atoms with van der Waals surface area (Å²) in [6.45, 7) is 0. The van der Waals surface area contributed by atoms with E-state index in [9.17, 15) is 21.4 Å². The molecular weight excluding hydrogens is 458 g/mol. The largest absolute Gasteiger partial charge is 1.00 e. The average molecular weight is 470 g/mol. The predicted molar refractivity (Wildman–Crippen MR) is 102 cm³/mol. The van der Waals surface area contributed by atoms with Crippen LogP contribution in [0.15, 0.2) is 58.3 Å². The van der Waals surface area contributed by atoms with Crippen LogP contribution < -0.4 is 59.1 Å². The molecule has 0 saturated carbocycles. The van der Waals surface area contributed by atoms with Gasteiger partial charge in [-0.2, -0.15) is 16.8 Å². The van der Waals surface area contributed by atoms with Crippen LogP contribution in [0.3, 0.4) is 0 Å². The van der Waals surface area contributed by atoms with Crippen molar-refractivity contribution in [2.75, 3.05) is 0 Å². The van der Waals surface area contributed by atoms with Crippen molar-refractivity contribution in [1.82, 2.24) is 0 Å². The molecule has 0 saturated heterocycles. The van der Waals surface area contributed by atoms with E-state index >= 15 is 0 Å². The fraction of sp³-hybridized carbons (Fsp3) is 0. The third kappa shape index (κ3) is 12.3. The molecule has 0 radical (unpaired) electrons. The minimum atomic E-state index is -4.84. The molecule has 0 unspecified atom stereocenters. The van der Waals surface area contributed by atoms with Crippen LogP contribution in [0.25, 0.3) is 44.1 Å². The second-order valence-corrected chi connectivity index (χ2v) is 7.30. The second kappa shape index (κ2) is 16.3. The van der Waals surface area contributed by atoms with Gasteiger partial charge in [-0.3, -0.25) is 18.9 Å². The van der Waals surface area contributed by atoms with Crippen molar-refractivity contribution < 1.29 is 85.1 Å². The van der Waals surface area contributed by atoms with E-state index in [1.165, 1.54) is 28.0 Å². The van der Waals surface area contributed by atoms with E-state index in [-0.39, 0.29) is 64.7 Å². The van der Waals surface area contributed by atoms with Crippen molar-refractivity contribution in [3.8, 4) is 0 Å². The zero-order chi connectivity index (χ0) is 21.8. The van der Waals surface area contributed by atoms with Crippen molar-refractivity contribution in [3.05, 3.63) is 91.6 Å². The molecule has 0 amide bonds. The Labute approximate surface area is 216 Å². The van der Waals surface area contributed by atoms with Gasteiger partial charge >= 0.3 is 59.1 Å². The van der Waals surface area contributed by atoms with Crippen LogP contribution >= 0.6 is 0 Å². The first-order chi connectivity index (χ1) is 13.0. The van der Waals surface area contributed by atoms with E-state index in [1.807, 2.05) is 0 Å². The molecule has 2 aromatic rings. The molecule has 0 fully saturated rings. The quantitative estimate of drug-likeness (QED) is 0.129. The van der Waals surface area contributed by atoms with Crippen LogP contribution in [-0.2, 0) is 20.2 Å². The van der Waals surface area contributed by atoms with Crippen LogP contribution in [-0.4, -0.2) is 25.9 Å². The number of benzene rings is 2. The zero-order valence-corrected chi connectivity index (χ0v) is 21.4. The number of hydrogen-bond donors (Lipinski definition) is 2. The molecule has 2 rings (SSSR count). The summed E-state index contributed by atoms with van der Waals surface area (Å²) in [4.78, 5) is 1.27. The summed E-state index contributed by atoms with van der Waals surface area (Å²) in [5.74, 6) is 0. The molecule has 0 aliphatic rings. The van der Waals surface area contributed by atoms with E-state index in [1.54, 1.807) is 36.4 Å². The van der Waals surface area contributed by atoms with Crippen molar-refractivity contribution in [3.63, 3.8) is 0 Å². The molecule has 30 heavy (non-hydrogen) atoms. The minimum Gasteiger partial charge on any atom is -0.373 e. The average Bonchev–Trinajstić information content (AvgIpc) is 2.60. The minimum absolute atomic E-state index is 0. The molecule has 0 aliphatic carbocycles. The van der Waals surface area contributed by atoms with Gasteiger partial charge in [-0.05, 0) is 17.2 Å². The third-order valence-corrected chi connectivity index (χ3v) is 4.80. The SMILES string of the molecule is O=S(=O)(O)c1cccc(C=Cc2ccccc2)c1S(=O)(=O)O.[N-]=[N+]=[N-].[N-]=[N+]=[N-].[Na+].[Na+]. The topological polar surface area (TPSA) is 226 Å². The molecule has 0 atom stereocenters. The van der Waals surface area contributed by atoms with E-state index in [0.717, 1.165) is 11.6 Å². The third-order valence-electron chi connectivity index (χ3n) is 2.80. The van der Waals surface area contributed by atoms with Gasteiger partial charge in [0.25, 0.3) is 20.2 Å². The van der Waals surface area contributed by atoms with Crippen molar-refractivity contribution >= 4 is 32.4 Å². The molecule has 2 aromatic carbocycles. The van der Waals surface area contributed by atoms with Crippen LogP contribution in [0.4, 0.5) is 0 Å². The Morgan fingerprint density at radius 3 is 1.57 bits per heavy atom. The Bertz CT molecular complexity index is 1100. The van der Waals surface area contributed by atoms with Crippen molar-refractivity contribution in [2.24, 2.45) is 0 Å². The fourth-order valence-corrected chi connectivity index (χ4v) is 3.88. The van der Waals surface area contributed by atoms with Crippen molar-refractivity contribution in [1.29, 1.82) is 0 Å². The molecular formula is C14H12N6Na2O6S2. The first-order valence-electron chi connectivity index (χ1n) is 6.81. The Kier molecular flexibility index (Phi) is 18.1. The molecule has 0 bridgehead atoms. The maximum atomic E-state index is 11.5. The zero-order valence-electron chi connectivity index (χ0n) is 15.8. The van der Waals surface area contributed by atoms with Gasteiger partial charge in [-0.1, -0.05) is 54.6 Å².